The molecular formula is C15H25F2NO4. The summed E-state index contributed by atoms with van der Waals surface area (Å²) in [5.74, 6) is -6.02. The first-order chi connectivity index (χ1) is 9.73. The van der Waals surface area contributed by atoms with E-state index in [2.05, 4.69) is 0 Å². The van der Waals surface area contributed by atoms with Crippen LogP contribution in [0.4, 0.5) is 13.6 Å². The molecule has 128 valence electrons. The number of ether oxygens (including phenoxy) is 1. The summed E-state index contributed by atoms with van der Waals surface area (Å²) in [5, 5.41) is 8.60. The summed E-state index contributed by atoms with van der Waals surface area (Å²) in [5.41, 5.74) is -0.954. The van der Waals surface area contributed by atoms with E-state index < -0.39 is 36.0 Å². The summed E-state index contributed by atoms with van der Waals surface area (Å²) in [4.78, 5) is 24.2. The molecule has 5 nitrogen and oxygen atoms in total. The van der Waals surface area contributed by atoms with Crippen molar-refractivity contribution in [1.29, 1.82) is 0 Å². The van der Waals surface area contributed by atoms with E-state index in [4.69, 9.17) is 9.84 Å². The van der Waals surface area contributed by atoms with Gasteiger partial charge in [-0.1, -0.05) is 13.8 Å². The Bertz CT molecular complexity index is 443. The van der Waals surface area contributed by atoms with Crippen molar-refractivity contribution < 1.29 is 28.2 Å². The predicted octanol–water partition coefficient (Wildman–Crippen LogP) is 3.52. The molecule has 1 amide bonds. The summed E-state index contributed by atoms with van der Waals surface area (Å²) < 4.78 is 32.3. The van der Waals surface area contributed by atoms with Gasteiger partial charge in [-0.05, 0) is 39.0 Å². The number of piperidine rings is 1. The second-order valence-electron chi connectivity index (χ2n) is 7.68. The number of carboxylic acids is 1. The fraction of sp³-hybridized carbons (Fsp3) is 0.867. The zero-order chi connectivity index (χ0) is 17.3. The highest BCUT2D eigenvalue weighted by molar-refractivity contribution is 5.75. The van der Waals surface area contributed by atoms with Gasteiger partial charge in [-0.25, -0.2) is 9.59 Å². The number of aliphatic carboxylic acids is 1. The molecule has 0 aromatic carbocycles. The molecule has 1 saturated heterocycles. The molecule has 1 heterocycles. The van der Waals surface area contributed by atoms with Gasteiger partial charge in [0.2, 0.25) is 0 Å². The lowest BCUT2D eigenvalue weighted by Gasteiger charge is -2.44. The maximum absolute atomic E-state index is 13.5. The number of nitrogens with zero attached hydrogens (tertiary/aromatic N) is 1. The molecule has 0 aromatic rings. The maximum atomic E-state index is 13.5. The minimum absolute atomic E-state index is 0.216. The number of hydrogen-bond acceptors (Lipinski definition) is 3. The normalized spacial score (nSPS) is 22.3. The number of rotatable bonds is 3. The van der Waals surface area contributed by atoms with Crippen LogP contribution in [0.15, 0.2) is 0 Å². The van der Waals surface area contributed by atoms with Gasteiger partial charge in [-0.15, -0.1) is 0 Å². The van der Waals surface area contributed by atoms with Gasteiger partial charge in [0.25, 0.3) is 0 Å². The smallest absolute Gasteiger partial charge is 0.410 e. The van der Waals surface area contributed by atoms with Gasteiger partial charge >= 0.3 is 18.0 Å². The minimum atomic E-state index is -3.85. The van der Waals surface area contributed by atoms with Gasteiger partial charge in [0.15, 0.2) is 0 Å². The number of carbonyl (C=O) groups excluding carboxylic acids is 1. The molecule has 1 atom stereocenters. The van der Waals surface area contributed by atoms with Crippen molar-refractivity contribution in [3.05, 3.63) is 0 Å². The highest BCUT2D eigenvalue weighted by Crippen LogP contribution is 2.37. The Balaban J connectivity index is 2.93. The average Bonchev–Trinajstić information content (AvgIpc) is 2.28. The third kappa shape index (κ3) is 5.10. The molecule has 1 fully saturated rings. The summed E-state index contributed by atoms with van der Waals surface area (Å²) in [6, 6.07) is -0.839. The zero-order valence-electron chi connectivity index (χ0n) is 13.8. The molecule has 0 aliphatic carbocycles. The standard InChI is InChI=1S/C15H25F2NO4/c1-13(2,3)22-12(21)18-9-14(4,5)7-6-10(18)8-15(16,17)11(19)20/h10H,6-9H2,1-5H3,(H,19,20). The van der Waals surface area contributed by atoms with Crippen LogP contribution in [-0.4, -0.2) is 46.2 Å². The predicted molar refractivity (Wildman–Crippen MR) is 76.9 cm³/mol. The van der Waals surface area contributed by atoms with Crippen LogP contribution in [0, 0.1) is 5.41 Å². The van der Waals surface area contributed by atoms with Crippen molar-refractivity contribution in [2.45, 2.75) is 71.4 Å². The quantitative estimate of drug-likeness (QED) is 0.863. The van der Waals surface area contributed by atoms with Gasteiger partial charge in [0.1, 0.15) is 5.60 Å². The molecule has 1 unspecified atom stereocenters. The van der Waals surface area contributed by atoms with E-state index in [1.807, 2.05) is 13.8 Å². The van der Waals surface area contributed by atoms with Gasteiger partial charge in [-0.2, -0.15) is 8.78 Å². The molecule has 1 aliphatic heterocycles. The number of likely N-dealkylation sites (tertiary alicyclic amines) is 1. The molecule has 22 heavy (non-hydrogen) atoms. The molecule has 0 radical (unpaired) electrons. The topological polar surface area (TPSA) is 66.8 Å². The van der Waals surface area contributed by atoms with Crippen molar-refractivity contribution in [3.63, 3.8) is 0 Å². The van der Waals surface area contributed by atoms with Gasteiger partial charge in [0, 0.05) is 19.0 Å². The van der Waals surface area contributed by atoms with Crippen molar-refractivity contribution in [2.24, 2.45) is 5.41 Å². The maximum Gasteiger partial charge on any atom is 0.410 e. The molecule has 0 aromatic heterocycles. The Morgan fingerprint density at radius 1 is 1.32 bits per heavy atom. The lowest BCUT2D eigenvalue weighted by Crippen LogP contribution is -2.53. The van der Waals surface area contributed by atoms with Crippen LogP contribution in [0.2, 0.25) is 0 Å². The van der Waals surface area contributed by atoms with E-state index in [1.165, 1.54) is 4.90 Å². The van der Waals surface area contributed by atoms with Gasteiger partial charge in [-0.3, -0.25) is 0 Å². The van der Waals surface area contributed by atoms with E-state index in [9.17, 15) is 18.4 Å². The van der Waals surface area contributed by atoms with E-state index in [-0.39, 0.29) is 12.0 Å². The Kier molecular flexibility index (Phi) is 5.09. The zero-order valence-corrected chi connectivity index (χ0v) is 13.8. The summed E-state index contributed by atoms with van der Waals surface area (Å²) in [7, 11) is 0. The van der Waals surface area contributed by atoms with Crippen LogP contribution in [-0.2, 0) is 9.53 Å². The molecule has 7 heteroatoms. The van der Waals surface area contributed by atoms with Crippen LogP contribution in [0.1, 0.15) is 53.9 Å². The van der Waals surface area contributed by atoms with Crippen LogP contribution in [0.5, 0.6) is 0 Å². The van der Waals surface area contributed by atoms with Gasteiger partial charge in [0.05, 0.1) is 0 Å². The highest BCUT2D eigenvalue weighted by atomic mass is 19.3. The molecule has 0 bridgehead atoms. The lowest BCUT2D eigenvalue weighted by molar-refractivity contribution is -0.168. The number of alkyl halides is 2. The third-order valence-corrected chi connectivity index (χ3v) is 3.63. The minimum Gasteiger partial charge on any atom is -0.477 e. The molecule has 1 rings (SSSR count). The SMILES string of the molecule is CC1(C)CCC(CC(F)(F)C(=O)O)N(C(=O)OC(C)(C)C)C1. The number of hydrogen-bond donors (Lipinski definition) is 1. The molecular weight excluding hydrogens is 296 g/mol. The van der Waals surface area contributed by atoms with E-state index in [0.717, 1.165) is 0 Å². The third-order valence-electron chi connectivity index (χ3n) is 3.63. The van der Waals surface area contributed by atoms with E-state index in [0.29, 0.717) is 12.8 Å². The first kappa shape index (κ1) is 18.6. The first-order valence-electron chi connectivity index (χ1n) is 7.34. The molecule has 0 saturated carbocycles. The average molecular weight is 321 g/mol. The number of amides is 1. The second-order valence-corrected chi connectivity index (χ2v) is 7.68. The lowest BCUT2D eigenvalue weighted by atomic mass is 9.80. The Morgan fingerprint density at radius 2 is 1.86 bits per heavy atom. The molecule has 1 aliphatic rings. The summed E-state index contributed by atoms with van der Waals surface area (Å²) >= 11 is 0. The number of carboxylic acid groups (broad SMARTS) is 1. The fourth-order valence-electron chi connectivity index (χ4n) is 2.51. The Hall–Kier alpha value is -1.40. The molecule has 1 N–H and O–H groups in total. The van der Waals surface area contributed by atoms with E-state index in [1.54, 1.807) is 20.8 Å². The summed E-state index contributed by atoms with van der Waals surface area (Å²) in [6.07, 6.45) is -0.592. The van der Waals surface area contributed by atoms with Crippen LogP contribution >= 0.6 is 0 Å². The fourth-order valence-corrected chi connectivity index (χ4v) is 2.51. The van der Waals surface area contributed by atoms with Gasteiger partial charge < -0.3 is 14.7 Å². The Labute approximate surface area is 129 Å². The van der Waals surface area contributed by atoms with Crippen LogP contribution in [0.3, 0.4) is 0 Å². The second kappa shape index (κ2) is 6.01. The van der Waals surface area contributed by atoms with Crippen molar-refractivity contribution in [2.75, 3.05) is 6.54 Å². The van der Waals surface area contributed by atoms with Crippen LogP contribution < -0.4 is 0 Å². The largest absolute Gasteiger partial charge is 0.477 e. The van der Waals surface area contributed by atoms with Crippen molar-refractivity contribution in [3.8, 4) is 0 Å². The highest BCUT2D eigenvalue weighted by Gasteiger charge is 2.46. The first-order valence-corrected chi connectivity index (χ1v) is 7.34. The summed E-state index contributed by atoms with van der Waals surface area (Å²) in [6.45, 7) is 9.23. The Morgan fingerprint density at radius 3 is 2.32 bits per heavy atom. The number of carbonyl (C=O) groups is 2. The van der Waals surface area contributed by atoms with Crippen LogP contribution in [0.25, 0.3) is 0 Å². The van der Waals surface area contributed by atoms with E-state index >= 15 is 0 Å². The monoisotopic (exact) mass is 321 g/mol. The van der Waals surface area contributed by atoms with Crippen molar-refractivity contribution >= 4 is 12.1 Å². The van der Waals surface area contributed by atoms with Crippen molar-refractivity contribution in [1.82, 2.24) is 4.90 Å². The number of halogens is 2. The molecule has 0 spiro atoms.